The van der Waals surface area contributed by atoms with E-state index in [-0.39, 0.29) is 11.8 Å². The zero-order valence-electron chi connectivity index (χ0n) is 11.5. The lowest BCUT2D eigenvalue weighted by atomic mass is 10.1. The molecule has 0 aliphatic carbocycles. The second-order valence-electron chi connectivity index (χ2n) is 4.47. The number of amides is 2. The molecule has 0 bridgehead atoms. The van der Waals surface area contributed by atoms with Gasteiger partial charge < -0.3 is 0 Å². The molecule has 0 radical (unpaired) electrons. The van der Waals surface area contributed by atoms with Gasteiger partial charge in [-0.05, 0) is 48.4 Å². The molecule has 108 valence electrons. The van der Waals surface area contributed by atoms with Gasteiger partial charge in [-0.3, -0.25) is 20.4 Å². The van der Waals surface area contributed by atoms with Gasteiger partial charge in [-0.1, -0.05) is 35.0 Å². The van der Waals surface area contributed by atoms with E-state index < -0.39 is 0 Å². The van der Waals surface area contributed by atoms with Crippen LogP contribution in [-0.2, 0) is 6.42 Å². The normalized spacial score (nSPS) is 10.0. The van der Waals surface area contributed by atoms with Crippen molar-refractivity contribution in [3.63, 3.8) is 0 Å². The number of halogens is 1. The summed E-state index contributed by atoms with van der Waals surface area (Å²) < 4.78 is 0.888. The molecule has 0 saturated carbocycles. The van der Waals surface area contributed by atoms with Crippen molar-refractivity contribution < 1.29 is 9.59 Å². The number of nitrogens with one attached hydrogen (secondary N) is 2. The van der Waals surface area contributed by atoms with Crippen molar-refractivity contribution in [2.45, 2.75) is 13.3 Å². The summed E-state index contributed by atoms with van der Waals surface area (Å²) in [6, 6.07) is 14.1. The average molecular weight is 347 g/mol. The minimum atomic E-state index is -0.360. The Hall–Kier alpha value is -2.14. The molecule has 2 aromatic rings. The molecule has 2 aromatic carbocycles. The van der Waals surface area contributed by atoms with Crippen molar-refractivity contribution in [3.8, 4) is 0 Å². The largest absolute Gasteiger partial charge is 0.269 e. The van der Waals surface area contributed by atoms with Gasteiger partial charge in [-0.2, -0.15) is 0 Å². The highest BCUT2D eigenvalue weighted by Gasteiger charge is 2.08. The van der Waals surface area contributed by atoms with Crippen molar-refractivity contribution in [1.29, 1.82) is 0 Å². The summed E-state index contributed by atoms with van der Waals surface area (Å²) in [6.07, 6.45) is 0.919. The number of benzene rings is 2. The van der Waals surface area contributed by atoms with E-state index >= 15 is 0 Å². The number of rotatable bonds is 3. The van der Waals surface area contributed by atoms with Gasteiger partial charge in [-0.25, -0.2) is 0 Å². The smallest absolute Gasteiger partial charge is 0.267 e. The van der Waals surface area contributed by atoms with Crippen molar-refractivity contribution in [3.05, 3.63) is 69.7 Å². The van der Waals surface area contributed by atoms with Crippen molar-refractivity contribution in [1.82, 2.24) is 10.9 Å². The first kappa shape index (κ1) is 15.3. The molecule has 2 rings (SSSR count). The number of carbonyl (C=O) groups is 2. The third-order valence-corrected chi connectivity index (χ3v) is 3.55. The van der Waals surface area contributed by atoms with Crippen molar-refractivity contribution in [2.24, 2.45) is 0 Å². The second-order valence-corrected chi connectivity index (χ2v) is 5.38. The Labute approximate surface area is 131 Å². The van der Waals surface area contributed by atoms with E-state index in [0.717, 1.165) is 16.5 Å². The third kappa shape index (κ3) is 4.16. The standard InChI is InChI=1S/C16H15BrN2O2/c1-2-11-3-5-12(6-4-11)15(20)18-19-16(21)13-7-9-14(17)10-8-13/h3-10H,2H2,1H3,(H,18,20)(H,19,21). The summed E-state index contributed by atoms with van der Waals surface area (Å²) in [5.74, 6) is -0.704. The van der Waals surface area contributed by atoms with Gasteiger partial charge in [0.15, 0.2) is 0 Å². The summed E-state index contributed by atoms with van der Waals surface area (Å²) in [7, 11) is 0. The first-order chi connectivity index (χ1) is 10.1. The molecule has 0 atom stereocenters. The zero-order valence-corrected chi connectivity index (χ0v) is 13.1. The second kappa shape index (κ2) is 7.04. The molecule has 21 heavy (non-hydrogen) atoms. The Bertz CT molecular complexity index is 636. The lowest BCUT2D eigenvalue weighted by molar-refractivity contribution is 0.0846. The molecule has 0 fully saturated rings. The Morgan fingerprint density at radius 3 is 1.71 bits per heavy atom. The van der Waals surface area contributed by atoms with Gasteiger partial charge in [0.1, 0.15) is 0 Å². The average Bonchev–Trinajstić information content (AvgIpc) is 2.53. The zero-order chi connectivity index (χ0) is 15.2. The molecule has 5 heteroatoms. The van der Waals surface area contributed by atoms with E-state index in [1.165, 1.54) is 0 Å². The lowest BCUT2D eigenvalue weighted by Gasteiger charge is -2.08. The maximum atomic E-state index is 11.9. The van der Waals surface area contributed by atoms with Crippen LogP contribution >= 0.6 is 15.9 Å². The van der Waals surface area contributed by atoms with Crippen LogP contribution < -0.4 is 10.9 Å². The number of hydrogen-bond acceptors (Lipinski definition) is 2. The van der Waals surface area contributed by atoms with Crippen LogP contribution in [0.2, 0.25) is 0 Å². The highest BCUT2D eigenvalue weighted by molar-refractivity contribution is 9.10. The van der Waals surface area contributed by atoms with Crippen LogP contribution in [0.3, 0.4) is 0 Å². The fraction of sp³-hybridized carbons (Fsp3) is 0.125. The summed E-state index contributed by atoms with van der Waals surface area (Å²) in [6.45, 7) is 2.05. The van der Waals surface area contributed by atoms with Gasteiger partial charge >= 0.3 is 0 Å². The molecule has 0 aliphatic rings. The first-order valence-corrected chi connectivity index (χ1v) is 7.34. The Balaban J connectivity index is 1.93. The van der Waals surface area contributed by atoms with Crippen LogP contribution in [0.25, 0.3) is 0 Å². The Kier molecular flexibility index (Phi) is 5.11. The van der Waals surface area contributed by atoms with Crippen LogP contribution in [-0.4, -0.2) is 11.8 Å². The third-order valence-electron chi connectivity index (χ3n) is 3.02. The predicted octanol–water partition coefficient (Wildman–Crippen LogP) is 3.09. The molecule has 0 heterocycles. The molecule has 0 aromatic heterocycles. The molecule has 0 spiro atoms. The molecule has 0 saturated heterocycles. The molecule has 2 N–H and O–H groups in total. The number of carbonyl (C=O) groups excluding carboxylic acids is 2. The van der Waals surface area contributed by atoms with Gasteiger partial charge in [-0.15, -0.1) is 0 Å². The van der Waals surface area contributed by atoms with E-state index in [1.54, 1.807) is 36.4 Å². The summed E-state index contributed by atoms with van der Waals surface area (Å²) in [4.78, 5) is 23.8. The van der Waals surface area contributed by atoms with Gasteiger partial charge in [0.05, 0.1) is 0 Å². The summed E-state index contributed by atoms with van der Waals surface area (Å²) in [5, 5.41) is 0. The van der Waals surface area contributed by atoms with Crippen LogP contribution in [0.1, 0.15) is 33.2 Å². The number of hydrazine groups is 1. The highest BCUT2D eigenvalue weighted by atomic mass is 79.9. The molecule has 4 nitrogen and oxygen atoms in total. The minimum absolute atomic E-state index is 0.344. The van der Waals surface area contributed by atoms with E-state index in [4.69, 9.17) is 0 Å². The molecular formula is C16H15BrN2O2. The van der Waals surface area contributed by atoms with Crippen LogP contribution in [0.15, 0.2) is 53.0 Å². The maximum absolute atomic E-state index is 11.9. The molecule has 0 unspecified atom stereocenters. The maximum Gasteiger partial charge on any atom is 0.269 e. The minimum Gasteiger partial charge on any atom is -0.267 e. The van der Waals surface area contributed by atoms with E-state index in [0.29, 0.717) is 11.1 Å². The SMILES string of the molecule is CCc1ccc(C(=O)NNC(=O)c2ccc(Br)cc2)cc1. The monoisotopic (exact) mass is 346 g/mol. The molecule has 0 aliphatic heterocycles. The van der Waals surface area contributed by atoms with Gasteiger partial charge in [0.25, 0.3) is 11.8 Å². The first-order valence-electron chi connectivity index (χ1n) is 6.55. The fourth-order valence-electron chi connectivity index (χ4n) is 1.75. The molecular weight excluding hydrogens is 332 g/mol. The Morgan fingerprint density at radius 1 is 0.857 bits per heavy atom. The van der Waals surface area contributed by atoms with E-state index in [1.807, 2.05) is 19.1 Å². The summed E-state index contributed by atoms with van der Waals surface area (Å²) >= 11 is 3.30. The van der Waals surface area contributed by atoms with E-state index in [2.05, 4.69) is 26.8 Å². The quantitative estimate of drug-likeness (QED) is 0.839. The number of hydrogen-bond donors (Lipinski definition) is 2. The van der Waals surface area contributed by atoms with Crippen LogP contribution in [0, 0.1) is 0 Å². The predicted molar refractivity (Wildman–Crippen MR) is 84.9 cm³/mol. The van der Waals surface area contributed by atoms with Gasteiger partial charge in [0.2, 0.25) is 0 Å². The van der Waals surface area contributed by atoms with Crippen molar-refractivity contribution >= 4 is 27.7 Å². The fourth-order valence-corrected chi connectivity index (χ4v) is 2.02. The number of aryl methyl sites for hydroxylation is 1. The van der Waals surface area contributed by atoms with Crippen molar-refractivity contribution in [2.75, 3.05) is 0 Å². The van der Waals surface area contributed by atoms with Crippen LogP contribution in [0.4, 0.5) is 0 Å². The van der Waals surface area contributed by atoms with E-state index in [9.17, 15) is 9.59 Å². The Morgan fingerprint density at radius 2 is 1.29 bits per heavy atom. The van der Waals surface area contributed by atoms with Gasteiger partial charge in [0, 0.05) is 15.6 Å². The topological polar surface area (TPSA) is 58.2 Å². The molecule has 2 amide bonds. The lowest BCUT2D eigenvalue weighted by Crippen LogP contribution is -2.41. The summed E-state index contributed by atoms with van der Waals surface area (Å²) in [5.41, 5.74) is 6.92. The van der Waals surface area contributed by atoms with Crippen LogP contribution in [0.5, 0.6) is 0 Å². The highest BCUT2D eigenvalue weighted by Crippen LogP contribution is 2.10.